The zero-order chi connectivity index (χ0) is 3.70. The quantitative estimate of drug-likeness (QED) is 0.324. The van der Waals surface area contributed by atoms with Crippen molar-refractivity contribution in [3.8, 4) is 0 Å². The van der Waals surface area contributed by atoms with Gasteiger partial charge in [-0.25, -0.2) is 0 Å². The van der Waals surface area contributed by atoms with E-state index in [1.807, 2.05) is 0 Å². The lowest BCUT2D eigenvalue weighted by Gasteiger charge is -1.97. The van der Waals surface area contributed by atoms with Gasteiger partial charge in [0.25, 0.3) is 12.4 Å². The van der Waals surface area contributed by atoms with Gasteiger partial charge in [0.2, 0.25) is 0 Å². The fourth-order valence-electron chi connectivity index (χ4n) is 0.166. The van der Waals surface area contributed by atoms with E-state index in [9.17, 15) is 0 Å². The number of nitrogens with zero attached hydrogens (tertiary/aromatic N) is 1. The largest absolute Gasteiger partial charge is 0.279 e. The minimum atomic E-state index is 1.10. The summed E-state index contributed by atoms with van der Waals surface area (Å²) in [7, 11) is 0. The molecule has 1 heterocycles. The summed E-state index contributed by atoms with van der Waals surface area (Å²) in [6.07, 6.45) is 0. The second-order valence-electron chi connectivity index (χ2n) is 0.890. The molecule has 0 aromatic carbocycles. The lowest BCUT2D eigenvalue weighted by molar-refractivity contribution is -0.331. The van der Waals surface area contributed by atoms with Gasteiger partial charge in [0, 0.05) is 0 Å². The third-order valence-electron chi connectivity index (χ3n) is 0.509. The Kier molecular flexibility index (Phi) is 0.870. The first kappa shape index (κ1) is 3.56. The Bertz CT molecular complexity index is 54.7. The van der Waals surface area contributed by atoms with E-state index >= 15 is 0 Å². The molecule has 0 amide bonds. The Morgan fingerprint density at radius 1 is 1.80 bits per heavy atom. The standard InChI is InChI=1S/C2H4NS2/c4-3-1-2-5-3/h1-2H2/q+1. The lowest BCUT2D eigenvalue weighted by Crippen LogP contribution is -2.15. The molecule has 1 rings (SSSR count). The maximum absolute atomic E-state index is 4.66. The van der Waals surface area contributed by atoms with Crippen molar-refractivity contribution in [3.05, 3.63) is 0 Å². The maximum atomic E-state index is 4.66. The van der Waals surface area contributed by atoms with E-state index < -0.39 is 0 Å². The van der Waals surface area contributed by atoms with Crippen LogP contribution in [0.15, 0.2) is 0 Å². The van der Waals surface area contributed by atoms with Gasteiger partial charge in [-0.3, -0.25) is 0 Å². The topological polar surface area (TPSA) is 3.01 Å². The molecule has 0 radical (unpaired) electrons. The van der Waals surface area contributed by atoms with Crippen molar-refractivity contribution in [2.75, 3.05) is 12.3 Å². The average molecular weight is 106 g/mol. The average Bonchev–Trinajstić information content (AvgIpc) is 1.30. The SMILES string of the molecule is S=[N+]1CCS1. The molecule has 0 saturated carbocycles. The molecule has 5 heavy (non-hydrogen) atoms. The highest BCUT2D eigenvalue weighted by Gasteiger charge is 2.17. The van der Waals surface area contributed by atoms with Crippen molar-refractivity contribution in [1.29, 1.82) is 0 Å². The smallest absolute Gasteiger partial charge is 0.0844 e. The fraction of sp³-hybridized carbons (Fsp3) is 1.00. The third kappa shape index (κ3) is 0.605. The molecular weight excluding hydrogens is 102 g/mol. The summed E-state index contributed by atoms with van der Waals surface area (Å²) in [5.41, 5.74) is 0. The summed E-state index contributed by atoms with van der Waals surface area (Å²) < 4.78 is 1.81. The molecule has 0 bridgehead atoms. The van der Waals surface area contributed by atoms with E-state index in [0.29, 0.717) is 0 Å². The molecule has 0 aromatic rings. The maximum Gasteiger partial charge on any atom is 0.279 e. The lowest BCUT2D eigenvalue weighted by atomic mass is 10.8. The van der Waals surface area contributed by atoms with Crippen LogP contribution < -0.4 is 0 Å². The Balaban J connectivity index is 2.32. The Hall–Kier alpha value is 0.370. The molecule has 0 spiro atoms. The predicted octanol–water partition coefficient (Wildman–Crippen LogP) is 0.391. The monoisotopic (exact) mass is 106 g/mol. The van der Waals surface area contributed by atoms with Crippen LogP contribution in [0.4, 0.5) is 0 Å². The van der Waals surface area contributed by atoms with Crippen LogP contribution in [0.5, 0.6) is 0 Å². The number of hydrogen-bond acceptors (Lipinski definition) is 2. The van der Waals surface area contributed by atoms with Gasteiger partial charge in [-0.05, 0) is 0 Å². The summed E-state index contributed by atoms with van der Waals surface area (Å²) in [4.78, 5) is 0. The van der Waals surface area contributed by atoms with E-state index in [4.69, 9.17) is 0 Å². The molecule has 0 atom stereocenters. The number of rotatable bonds is 0. The van der Waals surface area contributed by atoms with Crippen molar-refractivity contribution in [2.24, 2.45) is 0 Å². The summed E-state index contributed by atoms with van der Waals surface area (Å²) in [6, 6.07) is 0. The second kappa shape index (κ2) is 1.22. The molecule has 1 aliphatic heterocycles. The first-order valence-corrected chi connectivity index (χ1v) is 2.78. The molecule has 0 N–H and O–H groups in total. The fourth-order valence-corrected chi connectivity index (χ4v) is 0.945. The van der Waals surface area contributed by atoms with Crippen LogP contribution in [0.25, 0.3) is 0 Å². The predicted molar refractivity (Wildman–Crippen MR) is 25.0 cm³/mol. The molecule has 0 aromatic heterocycles. The Morgan fingerprint density at radius 3 is 2.20 bits per heavy atom. The highest BCUT2D eigenvalue weighted by atomic mass is 32.2. The molecule has 0 unspecified atom stereocenters. The van der Waals surface area contributed by atoms with E-state index in [1.54, 1.807) is 15.3 Å². The van der Waals surface area contributed by atoms with E-state index in [2.05, 4.69) is 12.4 Å². The summed E-state index contributed by atoms with van der Waals surface area (Å²) in [5.74, 6) is 1.23. The van der Waals surface area contributed by atoms with Gasteiger partial charge in [0.1, 0.15) is 5.75 Å². The van der Waals surface area contributed by atoms with Gasteiger partial charge in [0.05, 0.1) is 0 Å². The normalized spacial score (nSPS) is 22.0. The minimum absolute atomic E-state index is 1.10. The second-order valence-corrected chi connectivity index (χ2v) is 2.67. The van der Waals surface area contributed by atoms with Gasteiger partial charge in [-0.1, -0.05) is 3.35 Å². The van der Waals surface area contributed by atoms with Gasteiger partial charge >= 0.3 is 0 Å². The molecule has 1 nitrogen and oxygen atoms in total. The molecule has 0 aliphatic carbocycles. The van der Waals surface area contributed by atoms with E-state index in [0.717, 1.165) is 6.54 Å². The molecule has 1 aliphatic rings. The van der Waals surface area contributed by atoms with E-state index in [-0.39, 0.29) is 0 Å². The highest BCUT2D eigenvalue weighted by Crippen LogP contribution is 2.10. The van der Waals surface area contributed by atoms with Gasteiger partial charge in [-0.2, -0.15) is 0 Å². The highest BCUT2D eigenvalue weighted by molar-refractivity contribution is 7.95. The van der Waals surface area contributed by atoms with Gasteiger partial charge < -0.3 is 0 Å². The van der Waals surface area contributed by atoms with Crippen LogP contribution in [0, 0.1) is 0 Å². The Labute approximate surface area is 40.7 Å². The number of hydrogen-bond donors (Lipinski definition) is 0. The molecule has 28 valence electrons. The van der Waals surface area contributed by atoms with Crippen molar-refractivity contribution in [3.63, 3.8) is 0 Å². The molecule has 1 fully saturated rings. The van der Waals surface area contributed by atoms with Gasteiger partial charge in [-0.15, -0.1) is 0 Å². The van der Waals surface area contributed by atoms with Crippen LogP contribution in [0.2, 0.25) is 0 Å². The van der Waals surface area contributed by atoms with Crippen LogP contribution in [0.1, 0.15) is 0 Å². The van der Waals surface area contributed by atoms with Crippen LogP contribution in [-0.2, 0) is 12.4 Å². The zero-order valence-electron chi connectivity index (χ0n) is 2.68. The third-order valence-corrected chi connectivity index (χ3v) is 1.84. The van der Waals surface area contributed by atoms with Crippen LogP contribution in [0.3, 0.4) is 0 Å². The Morgan fingerprint density at radius 2 is 2.20 bits per heavy atom. The summed E-state index contributed by atoms with van der Waals surface area (Å²) in [6.45, 7) is 1.10. The van der Waals surface area contributed by atoms with Crippen molar-refractivity contribution >= 4 is 24.4 Å². The molecule has 3 heteroatoms. The summed E-state index contributed by atoms with van der Waals surface area (Å²) >= 11 is 6.37. The zero-order valence-corrected chi connectivity index (χ0v) is 4.31. The van der Waals surface area contributed by atoms with Crippen LogP contribution in [-0.4, -0.2) is 15.6 Å². The van der Waals surface area contributed by atoms with E-state index in [1.165, 1.54) is 5.75 Å². The van der Waals surface area contributed by atoms with Crippen molar-refractivity contribution in [1.82, 2.24) is 0 Å². The summed E-state index contributed by atoms with van der Waals surface area (Å²) in [5, 5.41) is 0. The first-order chi connectivity index (χ1) is 2.39. The van der Waals surface area contributed by atoms with Crippen molar-refractivity contribution in [2.45, 2.75) is 0 Å². The minimum Gasteiger partial charge on any atom is -0.0844 e. The molecule has 1 saturated heterocycles. The molecular formula is C2H4NS2+. The van der Waals surface area contributed by atoms with Crippen molar-refractivity contribution < 1.29 is 3.35 Å². The van der Waals surface area contributed by atoms with Gasteiger partial charge in [0.15, 0.2) is 18.5 Å². The first-order valence-electron chi connectivity index (χ1n) is 1.47. The van der Waals surface area contributed by atoms with Crippen LogP contribution >= 0.6 is 11.9 Å².